The molecule has 2 amide bonds. The van der Waals surface area contributed by atoms with E-state index in [1.807, 2.05) is 6.92 Å². The van der Waals surface area contributed by atoms with E-state index >= 15 is 0 Å². The molecule has 2 rings (SSSR count). The summed E-state index contributed by atoms with van der Waals surface area (Å²) in [6, 6.07) is 0. The molecule has 3 atom stereocenters. The van der Waals surface area contributed by atoms with Gasteiger partial charge in [-0.2, -0.15) is 13.2 Å². The fraction of sp³-hybridized carbons (Fsp3) is 0.895. The van der Waals surface area contributed by atoms with Gasteiger partial charge in [-0.3, -0.25) is 9.59 Å². The maximum absolute atomic E-state index is 13.0. The van der Waals surface area contributed by atoms with Crippen LogP contribution >= 0.6 is 12.4 Å². The van der Waals surface area contributed by atoms with Crippen LogP contribution in [0, 0.1) is 11.8 Å². The minimum atomic E-state index is -4.42. The van der Waals surface area contributed by atoms with Crippen LogP contribution in [0.1, 0.15) is 58.8 Å². The molecule has 1 saturated heterocycles. The number of hydrogen-bond donors (Lipinski definition) is 1. The molecule has 0 aromatic carbocycles. The number of carbonyl (C=O) groups is 2. The molecule has 0 aromatic rings. The first-order valence-corrected chi connectivity index (χ1v) is 9.98. The van der Waals surface area contributed by atoms with Crippen molar-refractivity contribution in [2.45, 2.75) is 70.5 Å². The van der Waals surface area contributed by atoms with E-state index in [9.17, 15) is 22.8 Å². The number of rotatable bonds is 5. The average Bonchev–Trinajstić information content (AvgIpc) is 2.59. The average molecular weight is 428 g/mol. The summed E-state index contributed by atoms with van der Waals surface area (Å²) in [5.74, 6) is -1.38. The van der Waals surface area contributed by atoms with Crippen LogP contribution in [-0.4, -0.2) is 59.5 Å². The predicted octanol–water partition coefficient (Wildman–Crippen LogP) is 3.36. The molecule has 5 nitrogen and oxygen atoms in total. The quantitative estimate of drug-likeness (QED) is 0.731. The summed E-state index contributed by atoms with van der Waals surface area (Å²) >= 11 is 0. The third-order valence-corrected chi connectivity index (χ3v) is 5.81. The largest absolute Gasteiger partial charge is 0.406 e. The molecule has 1 aliphatic heterocycles. The van der Waals surface area contributed by atoms with Gasteiger partial charge in [0.05, 0.1) is 11.8 Å². The zero-order valence-electron chi connectivity index (χ0n) is 16.8. The Balaban J connectivity index is 0.00000392. The van der Waals surface area contributed by atoms with Crippen molar-refractivity contribution >= 4 is 24.2 Å². The number of likely N-dealkylation sites (tertiary alicyclic amines) is 1. The topological polar surface area (TPSA) is 66.6 Å². The lowest BCUT2D eigenvalue weighted by atomic mass is 9.73. The Kier molecular flexibility index (Phi) is 9.06. The van der Waals surface area contributed by atoms with Crippen LogP contribution in [0.2, 0.25) is 0 Å². The Labute approximate surface area is 171 Å². The first-order chi connectivity index (χ1) is 12.5. The molecule has 2 N–H and O–H groups in total. The molecule has 0 aromatic heterocycles. The molecule has 2 fully saturated rings. The standard InChI is InChI=1S/C19H32F3N3O2.ClH/c1-3-10-25(13-19(20,21)22)16(26)14-7-6-11-24(12-14)17(27)15-8-4-5-9-18(15,2)23;/h14-15H,3-13,23H2,1-2H3;1H. The summed E-state index contributed by atoms with van der Waals surface area (Å²) in [4.78, 5) is 28.3. The van der Waals surface area contributed by atoms with E-state index in [1.54, 1.807) is 11.8 Å². The van der Waals surface area contributed by atoms with Crippen molar-refractivity contribution in [1.29, 1.82) is 0 Å². The Bertz CT molecular complexity index is 543. The van der Waals surface area contributed by atoms with Crippen LogP contribution in [0.4, 0.5) is 13.2 Å². The van der Waals surface area contributed by atoms with Crippen LogP contribution in [0.5, 0.6) is 0 Å². The number of hydrogen-bond acceptors (Lipinski definition) is 3. The zero-order chi connectivity index (χ0) is 20.2. The molecule has 1 aliphatic carbocycles. The first-order valence-electron chi connectivity index (χ1n) is 9.98. The highest BCUT2D eigenvalue weighted by Gasteiger charge is 2.42. The van der Waals surface area contributed by atoms with E-state index in [-0.39, 0.29) is 37.3 Å². The van der Waals surface area contributed by atoms with Gasteiger partial charge in [0.15, 0.2) is 0 Å². The van der Waals surface area contributed by atoms with Gasteiger partial charge >= 0.3 is 6.18 Å². The Morgan fingerprint density at radius 2 is 1.89 bits per heavy atom. The van der Waals surface area contributed by atoms with Crippen molar-refractivity contribution in [2.24, 2.45) is 17.6 Å². The fourth-order valence-electron chi connectivity index (χ4n) is 4.37. The van der Waals surface area contributed by atoms with E-state index in [0.29, 0.717) is 25.8 Å². The van der Waals surface area contributed by atoms with Gasteiger partial charge in [-0.15, -0.1) is 12.4 Å². The van der Waals surface area contributed by atoms with Gasteiger partial charge < -0.3 is 15.5 Å². The van der Waals surface area contributed by atoms with Gasteiger partial charge in [0.25, 0.3) is 0 Å². The summed E-state index contributed by atoms with van der Waals surface area (Å²) in [6.45, 7) is 3.23. The van der Waals surface area contributed by atoms with Gasteiger partial charge in [0.2, 0.25) is 11.8 Å². The second-order valence-corrected chi connectivity index (χ2v) is 8.30. The zero-order valence-corrected chi connectivity index (χ0v) is 17.6. The van der Waals surface area contributed by atoms with Gasteiger partial charge in [0.1, 0.15) is 6.54 Å². The van der Waals surface area contributed by atoms with E-state index in [2.05, 4.69) is 0 Å². The molecule has 9 heteroatoms. The van der Waals surface area contributed by atoms with Gasteiger partial charge in [0, 0.05) is 25.2 Å². The van der Waals surface area contributed by atoms with Crippen molar-refractivity contribution in [3.05, 3.63) is 0 Å². The lowest BCUT2D eigenvalue weighted by Crippen LogP contribution is -2.56. The maximum Gasteiger partial charge on any atom is 0.406 e. The van der Waals surface area contributed by atoms with E-state index < -0.39 is 30.1 Å². The number of piperidine rings is 1. The second kappa shape index (κ2) is 10.1. The molecule has 0 spiro atoms. The van der Waals surface area contributed by atoms with Crippen LogP contribution in [0.15, 0.2) is 0 Å². The fourth-order valence-corrected chi connectivity index (χ4v) is 4.37. The molecule has 0 bridgehead atoms. The number of halogens is 4. The highest BCUT2D eigenvalue weighted by atomic mass is 35.5. The molecule has 0 radical (unpaired) electrons. The van der Waals surface area contributed by atoms with Crippen LogP contribution < -0.4 is 5.73 Å². The van der Waals surface area contributed by atoms with Crippen molar-refractivity contribution in [2.75, 3.05) is 26.2 Å². The molecule has 3 unspecified atom stereocenters. The Morgan fingerprint density at radius 1 is 1.21 bits per heavy atom. The van der Waals surface area contributed by atoms with Crippen molar-refractivity contribution in [3.8, 4) is 0 Å². The highest BCUT2D eigenvalue weighted by molar-refractivity contribution is 5.85. The molecule has 2 aliphatic rings. The maximum atomic E-state index is 13.0. The lowest BCUT2D eigenvalue weighted by Gasteiger charge is -2.42. The number of nitrogens with two attached hydrogens (primary N) is 1. The third-order valence-electron chi connectivity index (χ3n) is 5.81. The minimum absolute atomic E-state index is 0. The molecule has 164 valence electrons. The number of nitrogens with zero attached hydrogens (tertiary/aromatic N) is 2. The summed E-state index contributed by atoms with van der Waals surface area (Å²) in [6.07, 6.45) is 0.666. The number of alkyl halides is 3. The molecule has 1 heterocycles. The van der Waals surface area contributed by atoms with E-state index in [1.165, 1.54) is 0 Å². The van der Waals surface area contributed by atoms with Gasteiger partial charge in [-0.25, -0.2) is 0 Å². The Morgan fingerprint density at radius 3 is 2.46 bits per heavy atom. The third kappa shape index (κ3) is 6.51. The second-order valence-electron chi connectivity index (χ2n) is 8.30. The molecular formula is C19H33ClF3N3O2. The van der Waals surface area contributed by atoms with Gasteiger partial charge in [-0.05, 0) is 39.0 Å². The van der Waals surface area contributed by atoms with Crippen molar-refractivity contribution in [1.82, 2.24) is 9.80 Å². The number of carbonyl (C=O) groups excluding carboxylic acids is 2. The molecular weight excluding hydrogens is 395 g/mol. The first kappa shape index (κ1) is 25.0. The number of amides is 2. The minimum Gasteiger partial charge on any atom is -0.342 e. The summed E-state index contributed by atoms with van der Waals surface area (Å²) in [5.41, 5.74) is 5.77. The molecule has 1 saturated carbocycles. The van der Waals surface area contributed by atoms with E-state index in [0.717, 1.165) is 30.6 Å². The summed E-state index contributed by atoms with van der Waals surface area (Å²) in [7, 11) is 0. The Hall–Kier alpha value is -1.02. The van der Waals surface area contributed by atoms with Gasteiger partial charge in [-0.1, -0.05) is 19.8 Å². The lowest BCUT2D eigenvalue weighted by molar-refractivity contribution is -0.165. The smallest absolute Gasteiger partial charge is 0.342 e. The van der Waals surface area contributed by atoms with E-state index in [4.69, 9.17) is 5.73 Å². The van der Waals surface area contributed by atoms with Crippen molar-refractivity contribution < 1.29 is 22.8 Å². The highest BCUT2D eigenvalue weighted by Crippen LogP contribution is 2.34. The monoisotopic (exact) mass is 427 g/mol. The normalized spacial score (nSPS) is 28.4. The molecule has 28 heavy (non-hydrogen) atoms. The summed E-state index contributed by atoms with van der Waals surface area (Å²) < 4.78 is 38.5. The SMILES string of the molecule is CCCN(CC(F)(F)F)C(=O)C1CCCN(C(=O)C2CCCCC2(C)N)C1.Cl. The van der Waals surface area contributed by atoms with Crippen molar-refractivity contribution in [3.63, 3.8) is 0 Å². The van der Waals surface area contributed by atoms with Crippen LogP contribution in [-0.2, 0) is 9.59 Å². The van der Waals surface area contributed by atoms with Crippen LogP contribution in [0.25, 0.3) is 0 Å². The summed E-state index contributed by atoms with van der Waals surface area (Å²) in [5, 5.41) is 0. The van der Waals surface area contributed by atoms with Crippen LogP contribution in [0.3, 0.4) is 0 Å². The predicted molar refractivity (Wildman–Crippen MR) is 104 cm³/mol.